The van der Waals surface area contributed by atoms with Crippen molar-refractivity contribution in [3.05, 3.63) is 58.9 Å². The van der Waals surface area contributed by atoms with Gasteiger partial charge in [-0.15, -0.1) is 11.3 Å². The van der Waals surface area contributed by atoms with Gasteiger partial charge in [-0.05, 0) is 62.4 Å². The van der Waals surface area contributed by atoms with E-state index in [9.17, 15) is 4.79 Å². The summed E-state index contributed by atoms with van der Waals surface area (Å²) in [6.07, 6.45) is 7.97. The molecule has 33 heavy (non-hydrogen) atoms. The lowest BCUT2D eigenvalue weighted by Crippen LogP contribution is -2.38. The Bertz CT molecular complexity index is 1310. The van der Waals surface area contributed by atoms with Crippen molar-refractivity contribution in [3.63, 3.8) is 0 Å². The van der Waals surface area contributed by atoms with Crippen molar-refractivity contribution in [2.75, 3.05) is 24.5 Å². The normalized spacial score (nSPS) is 21.4. The summed E-state index contributed by atoms with van der Waals surface area (Å²) in [6, 6.07) is 10.5. The molecule has 0 aliphatic carbocycles. The van der Waals surface area contributed by atoms with Gasteiger partial charge in [0, 0.05) is 49.1 Å². The molecule has 0 aromatic carbocycles. The second-order valence-electron chi connectivity index (χ2n) is 9.29. The molecule has 2 N–H and O–H groups in total. The molecule has 6 heterocycles. The zero-order valence-electron chi connectivity index (χ0n) is 18.8. The molecule has 0 unspecified atom stereocenters. The van der Waals surface area contributed by atoms with E-state index in [4.69, 9.17) is 10.8 Å². The van der Waals surface area contributed by atoms with Gasteiger partial charge in [-0.2, -0.15) is 5.10 Å². The molecule has 0 saturated carbocycles. The minimum absolute atomic E-state index is 0.00622. The number of piperidine rings is 1. The van der Waals surface area contributed by atoms with Gasteiger partial charge in [0.05, 0.1) is 22.1 Å². The van der Waals surface area contributed by atoms with Gasteiger partial charge in [-0.1, -0.05) is 6.07 Å². The Morgan fingerprint density at radius 1 is 1.18 bits per heavy atom. The summed E-state index contributed by atoms with van der Waals surface area (Å²) in [7, 11) is 0. The summed E-state index contributed by atoms with van der Waals surface area (Å²) in [5.41, 5.74) is 10.6. The Labute approximate surface area is 196 Å². The maximum absolute atomic E-state index is 13.5. The summed E-state index contributed by atoms with van der Waals surface area (Å²) in [4.78, 5) is 24.0. The van der Waals surface area contributed by atoms with E-state index < -0.39 is 0 Å². The fourth-order valence-corrected chi connectivity index (χ4v) is 6.21. The van der Waals surface area contributed by atoms with Crippen LogP contribution in [0.5, 0.6) is 0 Å². The molecule has 2 fully saturated rings. The minimum atomic E-state index is -0.00622. The van der Waals surface area contributed by atoms with Gasteiger partial charge in [0.25, 0.3) is 5.91 Å². The van der Waals surface area contributed by atoms with Crippen LogP contribution in [0.1, 0.15) is 52.7 Å². The molecule has 0 radical (unpaired) electrons. The van der Waals surface area contributed by atoms with E-state index in [1.807, 2.05) is 27.6 Å². The van der Waals surface area contributed by atoms with E-state index in [1.165, 1.54) is 22.6 Å². The Kier molecular flexibility index (Phi) is 5.07. The molecule has 2 aliphatic heterocycles. The predicted molar refractivity (Wildman–Crippen MR) is 132 cm³/mol. The molecular weight excluding hydrogens is 432 g/mol. The largest absolute Gasteiger partial charge is 0.370 e. The van der Waals surface area contributed by atoms with Gasteiger partial charge in [0.15, 0.2) is 0 Å². The van der Waals surface area contributed by atoms with Gasteiger partial charge in [-0.25, -0.2) is 9.50 Å². The summed E-state index contributed by atoms with van der Waals surface area (Å²) in [5.74, 6) is 0.0858. The Morgan fingerprint density at radius 3 is 2.91 bits per heavy atom. The molecule has 0 bridgehead atoms. The van der Waals surface area contributed by atoms with Crippen LogP contribution in [0.15, 0.2) is 42.7 Å². The lowest BCUT2D eigenvalue weighted by molar-refractivity contribution is 0.0611. The standard InChI is InChI=1S/C25H28N6OS/c1-16-14-31-19(13-22(16)29-10-7-18(26)15-29)12-20(28-31)21-6-2-3-9-30(21)25(32)23-11-17-5-4-8-27-24(17)33-23/h4-5,8,11-14,18,21H,2-3,6-7,9-10,15,26H2,1H3/t18-,21-/m0/s1. The number of aromatic nitrogens is 3. The van der Waals surface area contributed by atoms with Crippen molar-refractivity contribution in [1.82, 2.24) is 19.5 Å². The van der Waals surface area contributed by atoms with Crippen LogP contribution in [-0.4, -0.2) is 51.1 Å². The Morgan fingerprint density at radius 2 is 2.09 bits per heavy atom. The first kappa shape index (κ1) is 20.6. The fourth-order valence-electron chi connectivity index (χ4n) is 5.26. The number of nitrogens with two attached hydrogens (primary N) is 1. The number of nitrogens with zero attached hydrogens (tertiary/aromatic N) is 5. The second kappa shape index (κ2) is 8.11. The molecule has 1 amide bonds. The third kappa shape index (κ3) is 3.67. The number of aryl methyl sites for hydroxylation is 1. The first-order chi connectivity index (χ1) is 16.1. The molecule has 2 saturated heterocycles. The van der Waals surface area contributed by atoms with Crippen molar-refractivity contribution >= 4 is 38.7 Å². The predicted octanol–water partition coefficient (Wildman–Crippen LogP) is 4.16. The summed E-state index contributed by atoms with van der Waals surface area (Å²) < 4.78 is 1.96. The van der Waals surface area contributed by atoms with E-state index in [2.05, 4.69) is 35.1 Å². The smallest absolute Gasteiger partial charge is 0.264 e. The number of hydrogen-bond donors (Lipinski definition) is 1. The van der Waals surface area contributed by atoms with E-state index in [1.54, 1.807) is 6.20 Å². The highest BCUT2D eigenvalue weighted by Gasteiger charge is 2.31. The molecule has 6 rings (SSSR count). The fraction of sp³-hybridized carbons (Fsp3) is 0.400. The van der Waals surface area contributed by atoms with Crippen molar-refractivity contribution in [2.24, 2.45) is 5.73 Å². The molecule has 170 valence electrons. The molecule has 4 aromatic heterocycles. The van der Waals surface area contributed by atoms with E-state index >= 15 is 0 Å². The Hall–Kier alpha value is -2.97. The van der Waals surface area contributed by atoms with Crippen molar-refractivity contribution in [1.29, 1.82) is 0 Å². The molecule has 2 atom stereocenters. The van der Waals surface area contributed by atoms with E-state index in [0.29, 0.717) is 0 Å². The van der Waals surface area contributed by atoms with Crippen LogP contribution < -0.4 is 10.6 Å². The number of pyridine rings is 2. The third-order valence-electron chi connectivity index (χ3n) is 6.96. The second-order valence-corrected chi connectivity index (χ2v) is 10.3. The monoisotopic (exact) mass is 460 g/mol. The van der Waals surface area contributed by atoms with Crippen LogP contribution in [0.4, 0.5) is 5.69 Å². The highest BCUT2D eigenvalue weighted by molar-refractivity contribution is 7.20. The maximum atomic E-state index is 13.5. The van der Waals surface area contributed by atoms with Gasteiger partial charge >= 0.3 is 0 Å². The number of fused-ring (bicyclic) bond motifs is 2. The minimum Gasteiger partial charge on any atom is -0.370 e. The third-order valence-corrected chi connectivity index (χ3v) is 8.01. The number of anilines is 1. The zero-order valence-corrected chi connectivity index (χ0v) is 19.6. The number of hydrogen-bond acceptors (Lipinski definition) is 6. The average Bonchev–Trinajstić information content (AvgIpc) is 3.55. The SMILES string of the molecule is Cc1cn2nc([C@@H]3CCCCN3C(=O)c3cc4cccnc4s3)cc2cc1N1CC[C@H](N)C1. The lowest BCUT2D eigenvalue weighted by atomic mass is 9.99. The summed E-state index contributed by atoms with van der Waals surface area (Å²) >= 11 is 1.48. The van der Waals surface area contributed by atoms with Gasteiger partial charge in [0.1, 0.15) is 4.83 Å². The number of carbonyl (C=O) groups is 1. The van der Waals surface area contributed by atoms with Crippen LogP contribution in [0.3, 0.4) is 0 Å². The molecule has 2 aliphatic rings. The van der Waals surface area contributed by atoms with Gasteiger partial charge in [-0.3, -0.25) is 4.79 Å². The summed E-state index contributed by atoms with van der Waals surface area (Å²) in [5, 5.41) is 5.94. The first-order valence-electron chi connectivity index (χ1n) is 11.7. The molecule has 7 nitrogen and oxygen atoms in total. The van der Waals surface area contributed by atoms with Crippen molar-refractivity contribution < 1.29 is 4.79 Å². The topological polar surface area (TPSA) is 79.8 Å². The summed E-state index contributed by atoms with van der Waals surface area (Å²) in [6.45, 7) is 4.78. The van der Waals surface area contributed by atoms with E-state index in [-0.39, 0.29) is 18.0 Å². The number of amides is 1. The van der Waals surface area contributed by atoms with Crippen LogP contribution in [0, 0.1) is 6.92 Å². The van der Waals surface area contributed by atoms with Crippen molar-refractivity contribution in [2.45, 2.75) is 44.7 Å². The number of likely N-dealkylation sites (tertiary alicyclic amines) is 1. The van der Waals surface area contributed by atoms with Crippen LogP contribution >= 0.6 is 11.3 Å². The highest BCUT2D eigenvalue weighted by Crippen LogP contribution is 2.35. The number of thiophene rings is 1. The van der Waals surface area contributed by atoms with Gasteiger partial charge < -0.3 is 15.5 Å². The van der Waals surface area contributed by atoms with E-state index in [0.717, 1.165) is 71.6 Å². The molecule has 4 aromatic rings. The highest BCUT2D eigenvalue weighted by atomic mass is 32.1. The van der Waals surface area contributed by atoms with Crippen molar-refractivity contribution in [3.8, 4) is 0 Å². The first-order valence-corrected chi connectivity index (χ1v) is 12.5. The lowest BCUT2D eigenvalue weighted by Gasteiger charge is -2.34. The average molecular weight is 461 g/mol. The Balaban J connectivity index is 1.33. The number of rotatable bonds is 3. The number of carbonyl (C=O) groups excluding carboxylic acids is 1. The quantitative estimate of drug-likeness (QED) is 0.497. The molecular formula is C25H28N6OS. The zero-order chi connectivity index (χ0) is 22.5. The van der Waals surface area contributed by atoms with Crippen LogP contribution in [-0.2, 0) is 0 Å². The van der Waals surface area contributed by atoms with Crippen LogP contribution in [0.2, 0.25) is 0 Å². The molecule has 0 spiro atoms. The molecule has 8 heteroatoms. The van der Waals surface area contributed by atoms with Crippen LogP contribution in [0.25, 0.3) is 15.7 Å². The van der Waals surface area contributed by atoms with Gasteiger partial charge in [0.2, 0.25) is 0 Å². The maximum Gasteiger partial charge on any atom is 0.264 e.